The molecule has 1 aromatic carbocycles. The Labute approximate surface area is 138 Å². The molecule has 1 aromatic rings. The first-order valence-corrected chi connectivity index (χ1v) is 9.67. The molecule has 0 aliphatic carbocycles. The van der Waals surface area contributed by atoms with Crippen molar-refractivity contribution < 1.29 is 13.2 Å². The van der Waals surface area contributed by atoms with Gasteiger partial charge in [0.05, 0.1) is 4.90 Å². The maximum Gasteiger partial charge on any atom is 0.251 e. The van der Waals surface area contributed by atoms with E-state index in [1.807, 2.05) is 0 Å². The van der Waals surface area contributed by atoms with Gasteiger partial charge in [0, 0.05) is 50.6 Å². The number of nitrogens with one attached hydrogen (secondary N) is 1. The molecule has 1 atom stereocenters. The molecule has 1 aliphatic heterocycles. The van der Waals surface area contributed by atoms with Crippen LogP contribution in [0.5, 0.6) is 0 Å². The van der Waals surface area contributed by atoms with Gasteiger partial charge in [-0.1, -0.05) is 0 Å². The van der Waals surface area contributed by atoms with E-state index in [-0.39, 0.29) is 16.8 Å². The molecule has 6 nitrogen and oxygen atoms in total. The molecule has 7 heteroatoms. The maximum absolute atomic E-state index is 12.2. The van der Waals surface area contributed by atoms with Crippen LogP contribution in [0.1, 0.15) is 17.3 Å². The van der Waals surface area contributed by atoms with E-state index in [2.05, 4.69) is 29.1 Å². The van der Waals surface area contributed by atoms with Gasteiger partial charge in [0.1, 0.15) is 0 Å². The molecule has 1 saturated heterocycles. The van der Waals surface area contributed by atoms with Gasteiger partial charge >= 0.3 is 0 Å². The summed E-state index contributed by atoms with van der Waals surface area (Å²) < 4.78 is 22.8. The van der Waals surface area contributed by atoms with Crippen molar-refractivity contribution in [3.63, 3.8) is 0 Å². The highest BCUT2D eigenvalue weighted by atomic mass is 32.2. The van der Waals surface area contributed by atoms with E-state index in [0.717, 1.165) is 32.4 Å². The molecule has 0 radical (unpaired) electrons. The number of rotatable bonds is 5. The Bertz CT molecular complexity index is 635. The zero-order chi connectivity index (χ0) is 17.0. The summed E-state index contributed by atoms with van der Waals surface area (Å²) in [6.45, 7) is 6.80. The van der Waals surface area contributed by atoms with Crippen molar-refractivity contribution in [3.8, 4) is 0 Å². The number of nitrogens with zero attached hydrogens (tertiary/aromatic N) is 2. The summed E-state index contributed by atoms with van der Waals surface area (Å²) in [4.78, 5) is 17.0. The van der Waals surface area contributed by atoms with Crippen molar-refractivity contribution in [1.82, 2.24) is 15.1 Å². The number of carbonyl (C=O) groups excluding carboxylic acids is 1. The second-order valence-corrected chi connectivity index (χ2v) is 8.21. The average Bonchev–Trinajstić information content (AvgIpc) is 2.52. The van der Waals surface area contributed by atoms with Crippen LogP contribution in [0, 0.1) is 0 Å². The van der Waals surface area contributed by atoms with Crippen LogP contribution in [0.2, 0.25) is 0 Å². The molecule has 23 heavy (non-hydrogen) atoms. The third-order valence-electron chi connectivity index (χ3n) is 4.26. The lowest BCUT2D eigenvalue weighted by atomic mass is 10.2. The van der Waals surface area contributed by atoms with Crippen LogP contribution in [-0.4, -0.2) is 76.2 Å². The van der Waals surface area contributed by atoms with Crippen LogP contribution in [0.15, 0.2) is 29.2 Å². The Morgan fingerprint density at radius 1 is 1.17 bits per heavy atom. The quantitative estimate of drug-likeness (QED) is 0.844. The molecular weight excluding hydrogens is 314 g/mol. The summed E-state index contributed by atoms with van der Waals surface area (Å²) in [6.07, 6.45) is 1.15. The Morgan fingerprint density at radius 2 is 1.74 bits per heavy atom. The normalized spacial score (nSPS) is 18.6. The van der Waals surface area contributed by atoms with Crippen molar-refractivity contribution >= 4 is 15.7 Å². The van der Waals surface area contributed by atoms with E-state index < -0.39 is 9.84 Å². The monoisotopic (exact) mass is 339 g/mol. The molecule has 0 unspecified atom stereocenters. The fourth-order valence-corrected chi connectivity index (χ4v) is 3.22. The molecule has 0 saturated carbocycles. The highest BCUT2D eigenvalue weighted by Crippen LogP contribution is 2.10. The van der Waals surface area contributed by atoms with Crippen LogP contribution in [0.3, 0.4) is 0 Å². The van der Waals surface area contributed by atoms with E-state index >= 15 is 0 Å². The van der Waals surface area contributed by atoms with Gasteiger partial charge < -0.3 is 10.2 Å². The summed E-state index contributed by atoms with van der Waals surface area (Å²) in [7, 11) is -1.12. The van der Waals surface area contributed by atoms with Crippen LogP contribution in [0.4, 0.5) is 0 Å². The van der Waals surface area contributed by atoms with Crippen LogP contribution in [-0.2, 0) is 9.84 Å². The number of hydrogen-bond acceptors (Lipinski definition) is 5. The first kappa shape index (κ1) is 17.9. The Balaban J connectivity index is 1.87. The van der Waals surface area contributed by atoms with Crippen LogP contribution < -0.4 is 5.32 Å². The molecule has 128 valence electrons. The Hall–Kier alpha value is -1.44. The molecule has 0 spiro atoms. The second-order valence-electron chi connectivity index (χ2n) is 6.19. The van der Waals surface area contributed by atoms with Crippen molar-refractivity contribution in [2.45, 2.75) is 17.9 Å². The summed E-state index contributed by atoms with van der Waals surface area (Å²) in [6, 6.07) is 6.31. The zero-order valence-electron chi connectivity index (χ0n) is 13.9. The fourth-order valence-electron chi connectivity index (χ4n) is 2.59. The number of carbonyl (C=O) groups is 1. The number of sulfone groups is 1. The number of amides is 1. The van der Waals surface area contributed by atoms with E-state index in [0.29, 0.717) is 12.1 Å². The minimum atomic E-state index is -3.23. The number of likely N-dealkylation sites (N-methyl/N-ethyl adjacent to an activating group) is 1. The third kappa shape index (κ3) is 5.02. The first-order chi connectivity index (χ1) is 10.8. The molecule has 1 N–H and O–H groups in total. The first-order valence-electron chi connectivity index (χ1n) is 7.78. The molecule has 0 bridgehead atoms. The van der Waals surface area contributed by atoms with Gasteiger partial charge in [0.2, 0.25) is 0 Å². The van der Waals surface area contributed by atoms with Crippen molar-refractivity contribution in [2.75, 3.05) is 46.0 Å². The van der Waals surface area contributed by atoms with Crippen molar-refractivity contribution in [2.24, 2.45) is 0 Å². The van der Waals surface area contributed by atoms with Gasteiger partial charge in [0.25, 0.3) is 5.91 Å². The molecule has 1 fully saturated rings. The largest absolute Gasteiger partial charge is 0.350 e. The molecule has 1 heterocycles. The average molecular weight is 339 g/mol. The van der Waals surface area contributed by atoms with E-state index in [1.165, 1.54) is 12.1 Å². The van der Waals surface area contributed by atoms with Gasteiger partial charge in [-0.15, -0.1) is 0 Å². The Kier molecular flexibility index (Phi) is 5.78. The van der Waals surface area contributed by atoms with E-state index in [9.17, 15) is 13.2 Å². The molecular formula is C16H25N3O3S. The minimum absolute atomic E-state index is 0.175. The predicted molar refractivity (Wildman–Crippen MR) is 90.4 cm³/mol. The summed E-state index contributed by atoms with van der Waals surface area (Å²) in [5.74, 6) is -0.175. The van der Waals surface area contributed by atoms with Gasteiger partial charge in [0.15, 0.2) is 9.84 Å². The lowest BCUT2D eigenvalue weighted by molar-refractivity contribution is 0.0903. The van der Waals surface area contributed by atoms with Gasteiger partial charge in [-0.3, -0.25) is 9.69 Å². The summed E-state index contributed by atoms with van der Waals surface area (Å²) in [5, 5.41) is 2.92. The molecule has 1 aliphatic rings. The maximum atomic E-state index is 12.2. The van der Waals surface area contributed by atoms with Crippen LogP contribution >= 0.6 is 0 Å². The summed E-state index contributed by atoms with van der Waals surface area (Å²) >= 11 is 0. The van der Waals surface area contributed by atoms with Gasteiger partial charge in [-0.25, -0.2) is 8.42 Å². The van der Waals surface area contributed by atoms with E-state index in [4.69, 9.17) is 0 Å². The third-order valence-corrected chi connectivity index (χ3v) is 5.39. The second kappa shape index (κ2) is 7.42. The lowest BCUT2D eigenvalue weighted by Gasteiger charge is -2.36. The zero-order valence-corrected chi connectivity index (χ0v) is 14.8. The fraction of sp³-hybridized carbons (Fsp3) is 0.562. The predicted octanol–water partition coefficient (Wildman–Crippen LogP) is 0.456. The standard InChI is InChI=1S/C16H25N3O3S/c1-13(19-10-8-18(2)9-11-19)12-17-16(20)14-4-6-15(7-5-14)23(3,21)22/h4-7,13H,8-12H2,1-3H3,(H,17,20)/t13-/m0/s1. The molecule has 1 amide bonds. The van der Waals surface area contributed by atoms with Gasteiger partial charge in [-0.05, 0) is 38.2 Å². The van der Waals surface area contributed by atoms with E-state index in [1.54, 1.807) is 12.1 Å². The number of benzene rings is 1. The number of hydrogen-bond donors (Lipinski definition) is 1. The lowest BCUT2D eigenvalue weighted by Crippen LogP contribution is -2.51. The SMILES string of the molecule is C[C@@H](CNC(=O)c1ccc(S(C)(=O)=O)cc1)N1CCN(C)CC1. The topological polar surface area (TPSA) is 69.7 Å². The van der Waals surface area contributed by atoms with Crippen molar-refractivity contribution in [3.05, 3.63) is 29.8 Å². The van der Waals surface area contributed by atoms with Gasteiger partial charge in [-0.2, -0.15) is 0 Å². The van der Waals surface area contributed by atoms with Crippen LogP contribution in [0.25, 0.3) is 0 Å². The smallest absolute Gasteiger partial charge is 0.251 e. The molecule has 0 aromatic heterocycles. The molecule has 2 rings (SSSR count). The minimum Gasteiger partial charge on any atom is -0.350 e. The number of piperazine rings is 1. The summed E-state index contributed by atoms with van der Waals surface area (Å²) in [5.41, 5.74) is 0.475. The highest BCUT2D eigenvalue weighted by molar-refractivity contribution is 7.90. The highest BCUT2D eigenvalue weighted by Gasteiger charge is 2.19. The van der Waals surface area contributed by atoms with Crippen molar-refractivity contribution in [1.29, 1.82) is 0 Å². The Morgan fingerprint density at radius 3 is 2.26 bits per heavy atom.